The molecule has 0 radical (unpaired) electrons. The predicted octanol–water partition coefficient (Wildman–Crippen LogP) is 2.62. The summed E-state index contributed by atoms with van der Waals surface area (Å²) in [5.41, 5.74) is 6.79. The fourth-order valence-electron chi connectivity index (χ4n) is 1.00. The topological polar surface area (TPSA) is 66.6 Å². The zero-order chi connectivity index (χ0) is 12.7. The number of ether oxygens (including phenoxy) is 1. The van der Waals surface area contributed by atoms with E-state index < -0.39 is 0 Å². The lowest BCUT2D eigenvalue weighted by Crippen LogP contribution is -2.01. The first-order valence-corrected chi connectivity index (χ1v) is 5.85. The Morgan fingerprint density at radius 1 is 1.59 bits per heavy atom. The monoisotopic (exact) mass is 276 g/mol. The van der Waals surface area contributed by atoms with E-state index in [4.69, 9.17) is 30.4 Å². The van der Waals surface area contributed by atoms with Gasteiger partial charge in [-0.25, -0.2) is 4.98 Å². The third kappa shape index (κ3) is 4.33. The summed E-state index contributed by atoms with van der Waals surface area (Å²) in [6, 6.07) is 3.32. The zero-order valence-corrected chi connectivity index (χ0v) is 11.0. The SMILES string of the molecule is CCOSO/C=C(/N)c1ccc(Cl)nc1OC. The molecule has 1 aromatic heterocycles. The van der Waals surface area contributed by atoms with Crippen LogP contribution in [0.3, 0.4) is 0 Å². The standard InChI is InChI=1S/C10H13ClN2O3S/c1-3-15-17-16-6-8(12)7-4-5-9(11)13-10(7)14-2/h4-6H,3,12H2,1-2H3/b8-6+. The van der Waals surface area contributed by atoms with Gasteiger partial charge in [0.15, 0.2) is 0 Å². The molecule has 5 nitrogen and oxygen atoms in total. The first-order valence-electron chi connectivity index (χ1n) is 4.80. The summed E-state index contributed by atoms with van der Waals surface area (Å²) in [5.74, 6) is 0.344. The van der Waals surface area contributed by atoms with Crippen molar-refractivity contribution in [1.82, 2.24) is 4.98 Å². The Bertz CT molecular complexity index is 401. The second kappa shape index (κ2) is 7.26. The van der Waals surface area contributed by atoms with Crippen LogP contribution in [0.15, 0.2) is 18.4 Å². The number of methoxy groups -OCH3 is 1. The first-order chi connectivity index (χ1) is 8.19. The molecule has 0 atom stereocenters. The van der Waals surface area contributed by atoms with Crippen molar-refractivity contribution in [3.63, 3.8) is 0 Å². The Morgan fingerprint density at radius 2 is 2.35 bits per heavy atom. The predicted molar refractivity (Wildman–Crippen MR) is 68.3 cm³/mol. The van der Waals surface area contributed by atoms with Gasteiger partial charge in [0, 0.05) is 0 Å². The minimum absolute atomic E-state index is 0.336. The van der Waals surface area contributed by atoms with Crippen LogP contribution in [0, 0.1) is 0 Å². The van der Waals surface area contributed by atoms with E-state index >= 15 is 0 Å². The van der Waals surface area contributed by atoms with E-state index in [1.807, 2.05) is 6.92 Å². The van der Waals surface area contributed by atoms with Crippen LogP contribution in [0.1, 0.15) is 12.5 Å². The minimum atomic E-state index is 0.336. The summed E-state index contributed by atoms with van der Waals surface area (Å²) < 4.78 is 15.0. The van der Waals surface area contributed by atoms with Gasteiger partial charge in [0.2, 0.25) is 18.2 Å². The van der Waals surface area contributed by atoms with Gasteiger partial charge < -0.3 is 14.7 Å². The third-order valence-electron chi connectivity index (χ3n) is 1.71. The molecule has 0 aliphatic carbocycles. The molecule has 0 aromatic carbocycles. The molecule has 17 heavy (non-hydrogen) atoms. The van der Waals surface area contributed by atoms with Gasteiger partial charge >= 0.3 is 0 Å². The largest absolute Gasteiger partial charge is 0.480 e. The van der Waals surface area contributed by atoms with E-state index in [2.05, 4.69) is 4.98 Å². The van der Waals surface area contributed by atoms with E-state index in [-0.39, 0.29) is 0 Å². The Balaban J connectivity index is 2.77. The van der Waals surface area contributed by atoms with Gasteiger partial charge in [-0.05, 0) is 19.1 Å². The summed E-state index contributed by atoms with van der Waals surface area (Å²) in [7, 11) is 1.49. The highest BCUT2D eigenvalue weighted by molar-refractivity contribution is 7.89. The molecule has 0 saturated carbocycles. The summed E-state index contributed by atoms with van der Waals surface area (Å²) in [6.07, 6.45) is 1.35. The van der Waals surface area contributed by atoms with E-state index in [0.29, 0.717) is 28.9 Å². The van der Waals surface area contributed by atoms with Crippen molar-refractivity contribution in [1.29, 1.82) is 0 Å². The molecule has 0 aliphatic heterocycles. The van der Waals surface area contributed by atoms with Crippen molar-refractivity contribution in [3.8, 4) is 5.88 Å². The van der Waals surface area contributed by atoms with Crippen LogP contribution in [0.5, 0.6) is 5.88 Å². The maximum atomic E-state index is 5.81. The normalized spacial score (nSPS) is 11.4. The Labute approximate surface area is 109 Å². The minimum Gasteiger partial charge on any atom is -0.480 e. The van der Waals surface area contributed by atoms with Crippen LogP contribution >= 0.6 is 23.9 Å². The Kier molecular flexibility index (Phi) is 5.96. The smallest absolute Gasteiger partial charge is 0.224 e. The second-order valence-electron chi connectivity index (χ2n) is 2.83. The lowest BCUT2D eigenvalue weighted by Gasteiger charge is -2.07. The lowest BCUT2D eigenvalue weighted by molar-refractivity contribution is 0.356. The molecule has 1 aromatic rings. The van der Waals surface area contributed by atoms with Crippen LogP contribution in [0.25, 0.3) is 5.70 Å². The average molecular weight is 277 g/mol. The quantitative estimate of drug-likeness (QED) is 0.373. The van der Waals surface area contributed by atoms with Crippen molar-refractivity contribution in [2.45, 2.75) is 6.92 Å². The van der Waals surface area contributed by atoms with Gasteiger partial charge in [0.25, 0.3) is 0 Å². The van der Waals surface area contributed by atoms with Crippen molar-refractivity contribution in [2.24, 2.45) is 5.73 Å². The summed E-state index contributed by atoms with van der Waals surface area (Å²) in [4.78, 5) is 3.99. The van der Waals surface area contributed by atoms with E-state index in [1.54, 1.807) is 12.1 Å². The fourth-order valence-corrected chi connectivity index (χ4v) is 1.44. The van der Waals surface area contributed by atoms with Crippen molar-refractivity contribution in [3.05, 3.63) is 29.1 Å². The molecule has 0 bridgehead atoms. The molecule has 94 valence electrons. The molecule has 1 heterocycles. The van der Waals surface area contributed by atoms with E-state index in [9.17, 15) is 0 Å². The Hall–Kier alpha value is -1.11. The first kappa shape index (κ1) is 14.0. The summed E-state index contributed by atoms with van der Waals surface area (Å²) in [6.45, 7) is 2.40. The van der Waals surface area contributed by atoms with Crippen LogP contribution in [-0.4, -0.2) is 18.7 Å². The fraction of sp³-hybridized carbons (Fsp3) is 0.300. The molecule has 2 N–H and O–H groups in total. The lowest BCUT2D eigenvalue weighted by atomic mass is 10.2. The molecular formula is C10H13ClN2O3S. The van der Waals surface area contributed by atoms with Gasteiger partial charge in [-0.15, -0.1) is 0 Å². The highest BCUT2D eigenvalue weighted by atomic mass is 35.5. The highest BCUT2D eigenvalue weighted by Gasteiger charge is 2.08. The molecule has 1 rings (SSSR count). The Morgan fingerprint density at radius 3 is 3.00 bits per heavy atom. The second-order valence-corrected chi connectivity index (χ2v) is 3.79. The maximum absolute atomic E-state index is 5.81. The molecule has 0 aliphatic rings. The van der Waals surface area contributed by atoms with Gasteiger partial charge in [0.1, 0.15) is 11.4 Å². The molecule has 7 heteroatoms. The van der Waals surface area contributed by atoms with Gasteiger partial charge in [-0.2, -0.15) is 0 Å². The van der Waals surface area contributed by atoms with Crippen molar-refractivity contribution >= 4 is 29.6 Å². The van der Waals surface area contributed by atoms with E-state index in [1.165, 1.54) is 13.4 Å². The van der Waals surface area contributed by atoms with Crippen molar-refractivity contribution in [2.75, 3.05) is 13.7 Å². The number of nitrogens with zero attached hydrogens (tertiary/aromatic N) is 1. The number of pyridine rings is 1. The molecule has 0 fully saturated rings. The number of aromatic nitrogens is 1. The van der Waals surface area contributed by atoms with E-state index in [0.717, 1.165) is 12.3 Å². The van der Waals surface area contributed by atoms with Crippen LogP contribution < -0.4 is 10.5 Å². The third-order valence-corrected chi connectivity index (χ3v) is 2.43. The summed E-state index contributed by atoms with van der Waals surface area (Å²) >= 11 is 6.59. The van der Waals surface area contributed by atoms with Gasteiger partial charge in [-0.3, -0.25) is 4.18 Å². The number of nitrogens with two attached hydrogens (primary N) is 1. The number of hydrogen-bond donors (Lipinski definition) is 1. The van der Waals surface area contributed by atoms with Gasteiger partial charge in [0.05, 0.1) is 25.0 Å². The highest BCUT2D eigenvalue weighted by Crippen LogP contribution is 2.23. The zero-order valence-electron chi connectivity index (χ0n) is 9.47. The van der Waals surface area contributed by atoms with Crippen molar-refractivity contribution < 1.29 is 13.1 Å². The van der Waals surface area contributed by atoms with Crippen LogP contribution in [0.2, 0.25) is 5.15 Å². The molecular weight excluding hydrogens is 264 g/mol. The molecule has 0 saturated heterocycles. The number of hydrogen-bond acceptors (Lipinski definition) is 6. The molecule has 0 unspecified atom stereocenters. The molecule has 0 spiro atoms. The number of rotatable bonds is 6. The number of halogens is 1. The maximum Gasteiger partial charge on any atom is 0.224 e. The average Bonchev–Trinajstić information content (AvgIpc) is 2.34. The summed E-state index contributed by atoms with van der Waals surface area (Å²) in [5, 5.41) is 0.336. The van der Waals surface area contributed by atoms with Crippen LogP contribution in [0.4, 0.5) is 0 Å². The van der Waals surface area contributed by atoms with Crippen LogP contribution in [-0.2, 0) is 8.37 Å². The molecule has 0 amide bonds. The van der Waals surface area contributed by atoms with Gasteiger partial charge in [-0.1, -0.05) is 11.6 Å².